The molecule has 116 valence electrons. The first-order valence-electron chi connectivity index (χ1n) is 7.66. The number of nitrogens with zero attached hydrogens (tertiary/aromatic N) is 1. The molecule has 1 fully saturated rings. The second-order valence-electron chi connectivity index (χ2n) is 5.96. The van der Waals surface area contributed by atoms with Crippen LogP contribution in [0.1, 0.15) is 36.8 Å². The van der Waals surface area contributed by atoms with Gasteiger partial charge in [0.2, 0.25) is 0 Å². The number of hydrogen-bond donors (Lipinski definition) is 1. The van der Waals surface area contributed by atoms with Gasteiger partial charge in [-0.15, -0.1) is 0 Å². The van der Waals surface area contributed by atoms with Crippen LogP contribution < -0.4 is 4.74 Å². The molecule has 4 nitrogen and oxygen atoms in total. The number of ether oxygens (including phenoxy) is 1. The van der Waals surface area contributed by atoms with Gasteiger partial charge in [0.15, 0.2) is 0 Å². The molecule has 4 heteroatoms. The Bertz CT molecular complexity index is 479. The molecule has 0 bridgehead atoms. The van der Waals surface area contributed by atoms with E-state index in [0.29, 0.717) is 12.3 Å². The van der Waals surface area contributed by atoms with E-state index >= 15 is 0 Å². The molecule has 1 saturated heterocycles. The highest BCUT2D eigenvalue weighted by atomic mass is 16.5. The maximum absolute atomic E-state index is 10.6. The number of likely N-dealkylation sites (tertiary alicyclic amines) is 1. The van der Waals surface area contributed by atoms with Crippen LogP contribution in [0.5, 0.6) is 5.75 Å². The van der Waals surface area contributed by atoms with E-state index in [1.807, 2.05) is 6.07 Å². The summed E-state index contributed by atoms with van der Waals surface area (Å²) in [4.78, 5) is 13.1. The smallest absolute Gasteiger partial charge is 0.303 e. The fraction of sp³-hybridized carbons (Fsp3) is 0.588. The lowest BCUT2D eigenvalue weighted by Gasteiger charge is -2.31. The Labute approximate surface area is 126 Å². The highest BCUT2D eigenvalue weighted by molar-refractivity contribution is 5.66. The molecule has 21 heavy (non-hydrogen) atoms. The van der Waals surface area contributed by atoms with Crippen molar-refractivity contribution in [3.05, 3.63) is 29.3 Å². The molecule has 0 aliphatic carbocycles. The van der Waals surface area contributed by atoms with Gasteiger partial charge in [-0.05, 0) is 62.4 Å². The van der Waals surface area contributed by atoms with E-state index in [1.165, 1.54) is 11.1 Å². The van der Waals surface area contributed by atoms with Crippen LogP contribution in [0, 0.1) is 12.8 Å². The number of methoxy groups -OCH3 is 1. The largest absolute Gasteiger partial charge is 0.496 e. The fourth-order valence-electron chi connectivity index (χ4n) is 3.06. The predicted molar refractivity (Wildman–Crippen MR) is 82.6 cm³/mol. The lowest BCUT2D eigenvalue weighted by Crippen LogP contribution is -2.33. The normalized spacial score (nSPS) is 16.9. The number of benzene rings is 1. The lowest BCUT2D eigenvalue weighted by atomic mass is 9.92. The second kappa shape index (κ2) is 7.46. The van der Waals surface area contributed by atoms with Crippen molar-refractivity contribution in [2.45, 2.75) is 39.2 Å². The van der Waals surface area contributed by atoms with Gasteiger partial charge in [-0.3, -0.25) is 9.69 Å². The van der Waals surface area contributed by atoms with Crippen molar-refractivity contribution >= 4 is 5.97 Å². The van der Waals surface area contributed by atoms with E-state index in [0.717, 1.165) is 44.6 Å². The summed E-state index contributed by atoms with van der Waals surface area (Å²) in [7, 11) is 1.70. The molecule has 0 unspecified atom stereocenters. The summed E-state index contributed by atoms with van der Waals surface area (Å²) in [5.41, 5.74) is 2.49. The lowest BCUT2D eigenvalue weighted by molar-refractivity contribution is -0.137. The zero-order valence-electron chi connectivity index (χ0n) is 13.0. The Hall–Kier alpha value is -1.55. The molecule has 2 rings (SSSR count). The van der Waals surface area contributed by atoms with E-state index in [2.05, 4.69) is 24.0 Å². The average Bonchev–Trinajstić information content (AvgIpc) is 2.47. The molecule has 1 aliphatic heterocycles. The first kappa shape index (κ1) is 15.8. The molecule has 1 aromatic carbocycles. The quantitative estimate of drug-likeness (QED) is 0.875. The number of hydrogen-bond acceptors (Lipinski definition) is 3. The topological polar surface area (TPSA) is 49.8 Å². The SMILES string of the molecule is COc1ccc(CN2CCC(CCC(=O)O)CC2)cc1C. The van der Waals surface area contributed by atoms with Crippen molar-refractivity contribution in [2.24, 2.45) is 5.92 Å². The maximum Gasteiger partial charge on any atom is 0.303 e. The van der Waals surface area contributed by atoms with Gasteiger partial charge in [-0.2, -0.15) is 0 Å². The predicted octanol–water partition coefficient (Wildman–Crippen LogP) is 3.08. The van der Waals surface area contributed by atoms with Crippen LogP contribution in [0.3, 0.4) is 0 Å². The van der Waals surface area contributed by atoms with Gasteiger partial charge in [0, 0.05) is 13.0 Å². The molecule has 0 amide bonds. The Morgan fingerprint density at radius 3 is 2.67 bits per heavy atom. The first-order chi connectivity index (χ1) is 10.1. The van der Waals surface area contributed by atoms with Crippen LogP contribution in [-0.2, 0) is 11.3 Å². The molecule has 1 aliphatic rings. The van der Waals surface area contributed by atoms with E-state index < -0.39 is 5.97 Å². The van der Waals surface area contributed by atoms with Crippen LogP contribution in [0.4, 0.5) is 0 Å². The number of piperidine rings is 1. The van der Waals surface area contributed by atoms with Gasteiger partial charge < -0.3 is 9.84 Å². The van der Waals surface area contributed by atoms with Crippen LogP contribution in [0.15, 0.2) is 18.2 Å². The van der Waals surface area contributed by atoms with E-state index in [1.54, 1.807) is 7.11 Å². The average molecular weight is 291 g/mol. The summed E-state index contributed by atoms with van der Waals surface area (Å²) >= 11 is 0. The van der Waals surface area contributed by atoms with Crippen molar-refractivity contribution in [1.82, 2.24) is 4.90 Å². The summed E-state index contributed by atoms with van der Waals surface area (Å²) < 4.78 is 5.29. The molecule has 0 spiro atoms. The third-order valence-corrected chi connectivity index (χ3v) is 4.34. The minimum atomic E-state index is -0.675. The summed E-state index contributed by atoms with van der Waals surface area (Å²) in [5.74, 6) is 0.840. The molecule has 0 radical (unpaired) electrons. The molecule has 1 N–H and O–H groups in total. The fourth-order valence-corrected chi connectivity index (χ4v) is 3.06. The van der Waals surface area contributed by atoms with Gasteiger partial charge in [0.05, 0.1) is 7.11 Å². The van der Waals surface area contributed by atoms with Gasteiger partial charge >= 0.3 is 5.97 Å². The summed E-state index contributed by atoms with van der Waals surface area (Å²) in [5, 5.41) is 8.74. The summed E-state index contributed by atoms with van der Waals surface area (Å²) in [6.45, 7) is 5.17. The highest BCUT2D eigenvalue weighted by Gasteiger charge is 2.19. The Balaban J connectivity index is 1.80. The van der Waals surface area contributed by atoms with Gasteiger partial charge in [-0.1, -0.05) is 12.1 Å². The second-order valence-corrected chi connectivity index (χ2v) is 5.96. The number of aliphatic carboxylic acids is 1. The zero-order valence-corrected chi connectivity index (χ0v) is 13.0. The maximum atomic E-state index is 10.6. The van der Waals surface area contributed by atoms with E-state index in [-0.39, 0.29) is 0 Å². The van der Waals surface area contributed by atoms with Crippen molar-refractivity contribution in [3.63, 3.8) is 0 Å². The summed E-state index contributed by atoms with van der Waals surface area (Å²) in [6.07, 6.45) is 3.36. The monoisotopic (exact) mass is 291 g/mol. The number of aryl methyl sites for hydroxylation is 1. The summed E-state index contributed by atoms with van der Waals surface area (Å²) in [6, 6.07) is 6.35. The number of carboxylic acid groups (broad SMARTS) is 1. The van der Waals surface area contributed by atoms with Crippen LogP contribution >= 0.6 is 0 Å². The molecular weight excluding hydrogens is 266 g/mol. The first-order valence-corrected chi connectivity index (χ1v) is 7.66. The third-order valence-electron chi connectivity index (χ3n) is 4.34. The molecule has 1 heterocycles. The highest BCUT2D eigenvalue weighted by Crippen LogP contribution is 2.24. The third kappa shape index (κ3) is 4.74. The zero-order chi connectivity index (χ0) is 15.2. The minimum absolute atomic E-state index is 0.308. The van der Waals surface area contributed by atoms with Gasteiger partial charge in [0.25, 0.3) is 0 Å². The molecule has 1 aromatic rings. The van der Waals surface area contributed by atoms with Crippen molar-refractivity contribution < 1.29 is 14.6 Å². The molecule has 0 atom stereocenters. The van der Waals surface area contributed by atoms with Gasteiger partial charge in [0.1, 0.15) is 5.75 Å². The van der Waals surface area contributed by atoms with E-state index in [4.69, 9.17) is 9.84 Å². The molecular formula is C17H25NO3. The minimum Gasteiger partial charge on any atom is -0.496 e. The van der Waals surface area contributed by atoms with Crippen molar-refractivity contribution in [1.29, 1.82) is 0 Å². The molecule has 0 saturated carbocycles. The van der Waals surface area contributed by atoms with Crippen LogP contribution in [0.25, 0.3) is 0 Å². The number of carbonyl (C=O) groups is 1. The molecule has 0 aromatic heterocycles. The van der Waals surface area contributed by atoms with Crippen LogP contribution in [-0.4, -0.2) is 36.2 Å². The number of carboxylic acids is 1. The standard InChI is InChI=1S/C17H25NO3/c1-13-11-15(3-5-16(13)21-2)12-18-9-7-14(8-10-18)4-6-17(19)20/h3,5,11,14H,4,6-10,12H2,1-2H3,(H,19,20). The Morgan fingerprint density at radius 2 is 2.10 bits per heavy atom. The Morgan fingerprint density at radius 1 is 1.38 bits per heavy atom. The van der Waals surface area contributed by atoms with Crippen molar-refractivity contribution in [3.8, 4) is 5.75 Å². The van der Waals surface area contributed by atoms with Crippen LogP contribution in [0.2, 0.25) is 0 Å². The van der Waals surface area contributed by atoms with Crippen molar-refractivity contribution in [2.75, 3.05) is 20.2 Å². The van der Waals surface area contributed by atoms with Gasteiger partial charge in [-0.25, -0.2) is 0 Å². The number of rotatable bonds is 6. The Kier molecular flexibility index (Phi) is 5.62. The van der Waals surface area contributed by atoms with E-state index in [9.17, 15) is 4.79 Å².